The second-order valence-electron chi connectivity index (χ2n) is 9.09. The molecule has 38 heavy (non-hydrogen) atoms. The van der Waals surface area contributed by atoms with Gasteiger partial charge in [0.2, 0.25) is 0 Å². The highest BCUT2D eigenvalue weighted by atomic mass is 16.5. The molecule has 2 aromatic carbocycles. The van der Waals surface area contributed by atoms with E-state index in [-0.39, 0.29) is 41.3 Å². The number of nitrogens with one attached hydrogen (secondary N) is 1. The van der Waals surface area contributed by atoms with Crippen LogP contribution in [0.25, 0.3) is 6.08 Å². The van der Waals surface area contributed by atoms with Crippen LogP contribution in [0.3, 0.4) is 0 Å². The fourth-order valence-electron chi connectivity index (χ4n) is 4.05. The number of nitrogens with zero attached hydrogens (tertiary/aromatic N) is 2. The van der Waals surface area contributed by atoms with E-state index >= 15 is 0 Å². The molecular formula is C29H25N3O6. The van der Waals surface area contributed by atoms with Crippen molar-refractivity contribution in [1.82, 2.24) is 10.2 Å². The molecule has 1 unspecified atom stereocenters. The van der Waals surface area contributed by atoms with Crippen molar-refractivity contribution in [3.05, 3.63) is 95.0 Å². The number of ether oxygens (including phenoxy) is 1. The molecule has 1 aromatic heterocycles. The summed E-state index contributed by atoms with van der Waals surface area (Å²) in [5.74, 6) is -1.58. The minimum Gasteiger partial charge on any atom is -0.467 e. The average molecular weight is 512 g/mol. The Hall–Kier alpha value is -4.97. The Bertz CT molecular complexity index is 1400. The lowest BCUT2D eigenvalue weighted by Gasteiger charge is -2.25. The highest BCUT2D eigenvalue weighted by molar-refractivity contribution is 6.22. The first-order valence-corrected chi connectivity index (χ1v) is 12.0. The lowest BCUT2D eigenvalue weighted by molar-refractivity contribution is -0.139. The highest BCUT2D eigenvalue weighted by Crippen LogP contribution is 2.28. The van der Waals surface area contributed by atoms with Crippen molar-refractivity contribution in [2.24, 2.45) is 5.92 Å². The summed E-state index contributed by atoms with van der Waals surface area (Å²) in [5, 5.41) is 12.0. The van der Waals surface area contributed by atoms with Gasteiger partial charge in [-0.05, 0) is 60.4 Å². The van der Waals surface area contributed by atoms with E-state index in [1.54, 1.807) is 48.5 Å². The van der Waals surface area contributed by atoms with Gasteiger partial charge in [-0.15, -0.1) is 0 Å². The van der Waals surface area contributed by atoms with Gasteiger partial charge in [-0.1, -0.05) is 38.1 Å². The molecule has 0 fully saturated rings. The summed E-state index contributed by atoms with van der Waals surface area (Å²) >= 11 is 0. The summed E-state index contributed by atoms with van der Waals surface area (Å²) in [6.07, 6.45) is 3.13. The van der Waals surface area contributed by atoms with E-state index in [1.807, 2.05) is 19.9 Å². The average Bonchev–Trinajstić information content (AvgIpc) is 3.52. The van der Waals surface area contributed by atoms with Gasteiger partial charge in [0.15, 0.2) is 0 Å². The SMILES string of the molecule is CC(C)CC(C(=O)Oc1ccc(/C=C(\C#N)C(=O)NCc2ccco2)cc1)N1C(=O)c2ccccc2C1=O. The second kappa shape index (κ2) is 11.4. The Labute approximate surface area is 219 Å². The van der Waals surface area contributed by atoms with Crippen LogP contribution in [0.5, 0.6) is 5.75 Å². The number of amides is 3. The van der Waals surface area contributed by atoms with Crippen LogP contribution in [-0.4, -0.2) is 34.6 Å². The molecular weight excluding hydrogens is 486 g/mol. The van der Waals surface area contributed by atoms with Crippen LogP contribution in [-0.2, 0) is 16.1 Å². The molecule has 2 heterocycles. The Morgan fingerprint density at radius 3 is 2.24 bits per heavy atom. The maximum Gasteiger partial charge on any atom is 0.334 e. The first-order valence-electron chi connectivity index (χ1n) is 12.0. The molecule has 0 saturated carbocycles. The van der Waals surface area contributed by atoms with Crippen LogP contribution in [0.2, 0.25) is 0 Å². The fourth-order valence-corrected chi connectivity index (χ4v) is 4.05. The van der Waals surface area contributed by atoms with Crippen LogP contribution in [0.15, 0.2) is 76.9 Å². The van der Waals surface area contributed by atoms with Crippen molar-refractivity contribution in [3.63, 3.8) is 0 Å². The summed E-state index contributed by atoms with van der Waals surface area (Å²) in [4.78, 5) is 52.4. The largest absolute Gasteiger partial charge is 0.467 e. The number of hydrogen-bond acceptors (Lipinski definition) is 7. The predicted octanol–water partition coefficient (Wildman–Crippen LogP) is 4.12. The van der Waals surface area contributed by atoms with E-state index in [4.69, 9.17) is 9.15 Å². The smallest absolute Gasteiger partial charge is 0.334 e. The van der Waals surface area contributed by atoms with Gasteiger partial charge in [-0.3, -0.25) is 19.3 Å². The normalized spacial score (nSPS) is 13.7. The fraction of sp³-hybridized carbons (Fsp3) is 0.207. The predicted molar refractivity (Wildman–Crippen MR) is 136 cm³/mol. The molecule has 1 N–H and O–H groups in total. The number of rotatable bonds is 9. The van der Waals surface area contributed by atoms with Gasteiger partial charge in [0.05, 0.1) is 23.9 Å². The van der Waals surface area contributed by atoms with Gasteiger partial charge in [0, 0.05) is 0 Å². The third kappa shape index (κ3) is 5.71. The van der Waals surface area contributed by atoms with Crippen molar-refractivity contribution in [3.8, 4) is 11.8 Å². The van der Waals surface area contributed by atoms with E-state index < -0.39 is 29.7 Å². The first-order chi connectivity index (χ1) is 18.3. The van der Waals surface area contributed by atoms with Gasteiger partial charge in [0.1, 0.15) is 29.2 Å². The van der Waals surface area contributed by atoms with Crippen molar-refractivity contribution in [2.45, 2.75) is 32.9 Å². The van der Waals surface area contributed by atoms with Gasteiger partial charge in [0.25, 0.3) is 17.7 Å². The standard InChI is InChI=1S/C29H25N3O6/c1-18(2)14-25(32-27(34)23-7-3-4-8-24(23)28(32)35)29(36)38-21-11-9-19(10-12-21)15-20(16-30)26(33)31-17-22-6-5-13-37-22/h3-13,15,18,25H,14,17H2,1-2H3,(H,31,33)/b20-15+. The molecule has 1 aliphatic heterocycles. The third-order valence-corrected chi connectivity index (χ3v) is 5.88. The Morgan fingerprint density at radius 2 is 1.68 bits per heavy atom. The van der Waals surface area contributed by atoms with Gasteiger partial charge in [-0.25, -0.2) is 4.79 Å². The molecule has 0 radical (unpaired) electrons. The minimum atomic E-state index is -1.09. The van der Waals surface area contributed by atoms with E-state index in [0.717, 1.165) is 4.90 Å². The Morgan fingerprint density at radius 1 is 1.03 bits per heavy atom. The summed E-state index contributed by atoms with van der Waals surface area (Å²) in [6, 6.07) is 16.8. The summed E-state index contributed by atoms with van der Waals surface area (Å²) in [6.45, 7) is 3.92. The number of imide groups is 1. The molecule has 0 spiro atoms. The number of fused-ring (bicyclic) bond motifs is 1. The minimum absolute atomic E-state index is 0.00714. The number of benzene rings is 2. The second-order valence-corrected chi connectivity index (χ2v) is 9.09. The molecule has 1 aliphatic rings. The number of furan rings is 1. The van der Waals surface area contributed by atoms with Crippen LogP contribution in [0.4, 0.5) is 0 Å². The maximum atomic E-state index is 13.2. The van der Waals surface area contributed by atoms with Crippen molar-refractivity contribution in [1.29, 1.82) is 5.26 Å². The first kappa shape index (κ1) is 26.1. The lowest BCUT2D eigenvalue weighted by atomic mass is 10.0. The molecule has 3 aromatic rings. The summed E-state index contributed by atoms with van der Waals surface area (Å²) in [5.41, 5.74) is 0.950. The molecule has 192 valence electrons. The van der Waals surface area contributed by atoms with E-state index in [9.17, 15) is 24.4 Å². The molecule has 9 nitrogen and oxygen atoms in total. The van der Waals surface area contributed by atoms with Gasteiger partial charge < -0.3 is 14.5 Å². The van der Waals surface area contributed by atoms with Crippen LogP contribution in [0.1, 0.15) is 52.3 Å². The van der Waals surface area contributed by atoms with Crippen LogP contribution >= 0.6 is 0 Å². The zero-order valence-electron chi connectivity index (χ0n) is 20.8. The van der Waals surface area contributed by atoms with Gasteiger partial charge in [-0.2, -0.15) is 5.26 Å². The quantitative estimate of drug-likeness (QED) is 0.150. The Kier molecular flexibility index (Phi) is 7.83. The molecule has 1 atom stereocenters. The number of carbonyl (C=O) groups is 4. The third-order valence-electron chi connectivity index (χ3n) is 5.88. The van der Waals surface area contributed by atoms with Crippen molar-refractivity contribution < 1.29 is 28.3 Å². The molecule has 9 heteroatoms. The number of nitriles is 1. The molecule has 0 saturated heterocycles. The Balaban J connectivity index is 1.46. The zero-order valence-corrected chi connectivity index (χ0v) is 20.8. The van der Waals surface area contributed by atoms with E-state index in [1.165, 1.54) is 24.5 Å². The number of carbonyl (C=O) groups excluding carboxylic acids is 4. The van der Waals surface area contributed by atoms with Crippen molar-refractivity contribution >= 4 is 29.8 Å². The zero-order chi connectivity index (χ0) is 27.2. The maximum absolute atomic E-state index is 13.2. The van der Waals surface area contributed by atoms with Gasteiger partial charge >= 0.3 is 5.97 Å². The van der Waals surface area contributed by atoms with Crippen LogP contribution in [0, 0.1) is 17.2 Å². The topological polar surface area (TPSA) is 130 Å². The number of hydrogen-bond donors (Lipinski definition) is 1. The molecule has 4 rings (SSSR count). The highest BCUT2D eigenvalue weighted by Gasteiger charge is 2.43. The molecule has 0 aliphatic carbocycles. The summed E-state index contributed by atoms with van der Waals surface area (Å²) in [7, 11) is 0. The van der Waals surface area contributed by atoms with E-state index in [0.29, 0.717) is 11.3 Å². The lowest BCUT2D eigenvalue weighted by Crippen LogP contribution is -2.47. The van der Waals surface area contributed by atoms with Crippen LogP contribution < -0.4 is 10.1 Å². The molecule has 3 amide bonds. The molecule has 0 bridgehead atoms. The summed E-state index contributed by atoms with van der Waals surface area (Å²) < 4.78 is 10.7. The van der Waals surface area contributed by atoms with Crippen molar-refractivity contribution in [2.75, 3.05) is 0 Å². The monoisotopic (exact) mass is 511 g/mol. The number of esters is 1. The van der Waals surface area contributed by atoms with E-state index in [2.05, 4.69) is 5.32 Å².